The largest absolute Gasteiger partial charge is 0.484 e. The molecule has 1 fully saturated rings. The van der Waals surface area contributed by atoms with Crippen LogP contribution in [0.2, 0.25) is 0 Å². The Morgan fingerprint density at radius 3 is 2.52 bits per heavy atom. The molecule has 1 heterocycles. The summed E-state index contributed by atoms with van der Waals surface area (Å²) < 4.78 is 5.18. The Labute approximate surface area is 142 Å². The zero-order valence-corrected chi connectivity index (χ0v) is 14.1. The quantitative estimate of drug-likeness (QED) is 0.839. The number of carbonyl (C=O) groups is 2. The van der Waals surface area contributed by atoms with Gasteiger partial charge in [0.1, 0.15) is 5.75 Å². The molecule has 2 amide bonds. The molecule has 1 saturated heterocycles. The standard InChI is InChI=1S/C16H23N3O3.ClH/c1-11-6-7-19(13(8-11)9-17)16(21)12-2-4-14(5-3-12)22-10-15(18)20;/h2-5,11,13H,6-10,17H2,1H3,(H2,18,20);1H. The molecule has 7 heteroatoms. The van der Waals surface area contributed by atoms with E-state index in [9.17, 15) is 9.59 Å². The summed E-state index contributed by atoms with van der Waals surface area (Å²) in [7, 11) is 0. The number of halogens is 1. The van der Waals surface area contributed by atoms with Crippen LogP contribution in [-0.4, -0.2) is 42.5 Å². The maximum Gasteiger partial charge on any atom is 0.255 e. The van der Waals surface area contributed by atoms with Crippen molar-refractivity contribution in [2.24, 2.45) is 17.4 Å². The van der Waals surface area contributed by atoms with Gasteiger partial charge in [0.05, 0.1) is 0 Å². The molecule has 1 aliphatic rings. The number of hydrogen-bond donors (Lipinski definition) is 2. The first kappa shape index (κ1) is 19.3. The highest BCUT2D eigenvalue weighted by Gasteiger charge is 2.29. The van der Waals surface area contributed by atoms with Gasteiger partial charge in [-0.05, 0) is 43.0 Å². The molecule has 0 saturated carbocycles. The number of piperidine rings is 1. The van der Waals surface area contributed by atoms with E-state index in [0.29, 0.717) is 23.8 Å². The number of carbonyl (C=O) groups excluding carboxylic acids is 2. The summed E-state index contributed by atoms with van der Waals surface area (Å²) in [5.74, 6) is 0.567. The van der Waals surface area contributed by atoms with Crippen LogP contribution in [0.15, 0.2) is 24.3 Å². The lowest BCUT2D eigenvalue weighted by atomic mass is 9.92. The van der Waals surface area contributed by atoms with Gasteiger partial charge >= 0.3 is 0 Å². The van der Waals surface area contributed by atoms with Gasteiger partial charge in [0.25, 0.3) is 11.8 Å². The SMILES string of the molecule is CC1CCN(C(=O)c2ccc(OCC(N)=O)cc2)C(CN)C1.Cl. The van der Waals surface area contributed by atoms with Gasteiger partial charge in [0, 0.05) is 24.7 Å². The Balaban J connectivity index is 0.00000264. The van der Waals surface area contributed by atoms with E-state index in [1.54, 1.807) is 24.3 Å². The van der Waals surface area contributed by atoms with Crippen LogP contribution in [0, 0.1) is 5.92 Å². The second-order valence-electron chi connectivity index (χ2n) is 5.80. The van der Waals surface area contributed by atoms with Crippen molar-refractivity contribution >= 4 is 24.2 Å². The van der Waals surface area contributed by atoms with Gasteiger partial charge in [0.15, 0.2) is 6.61 Å². The van der Waals surface area contributed by atoms with Crippen LogP contribution in [0.3, 0.4) is 0 Å². The van der Waals surface area contributed by atoms with Gasteiger partial charge in [0.2, 0.25) is 0 Å². The van der Waals surface area contributed by atoms with Gasteiger partial charge in [-0.3, -0.25) is 9.59 Å². The van der Waals surface area contributed by atoms with E-state index in [-0.39, 0.29) is 31.0 Å². The molecule has 1 aromatic carbocycles. The summed E-state index contributed by atoms with van der Waals surface area (Å²) in [5.41, 5.74) is 11.4. The molecular formula is C16H24ClN3O3. The number of likely N-dealkylation sites (tertiary alicyclic amines) is 1. The van der Waals surface area contributed by atoms with Crippen molar-refractivity contribution in [1.82, 2.24) is 4.90 Å². The number of amides is 2. The molecule has 1 aromatic rings. The molecule has 0 aliphatic carbocycles. The first-order chi connectivity index (χ1) is 10.5. The highest BCUT2D eigenvalue weighted by atomic mass is 35.5. The molecule has 0 spiro atoms. The molecule has 2 atom stereocenters. The first-order valence-electron chi connectivity index (χ1n) is 7.53. The smallest absolute Gasteiger partial charge is 0.255 e. The van der Waals surface area contributed by atoms with Gasteiger partial charge in [-0.15, -0.1) is 12.4 Å². The van der Waals surface area contributed by atoms with Crippen molar-refractivity contribution in [3.8, 4) is 5.75 Å². The normalized spacial score (nSPS) is 20.5. The molecule has 6 nitrogen and oxygen atoms in total. The van der Waals surface area contributed by atoms with Crippen LogP contribution >= 0.6 is 12.4 Å². The van der Waals surface area contributed by atoms with Crippen molar-refractivity contribution in [1.29, 1.82) is 0 Å². The summed E-state index contributed by atoms with van der Waals surface area (Å²) in [4.78, 5) is 25.1. The van der Waals surface area contributed by atoms with Crippen molar-refractivity contribution in [3.05, 3.63) is 29.8 Å². The number of benzene rings is 1. The Bertz CT molecular complexity index is 536. The number of nitrogens with zero attached hydrogens (tertiary/aromatic N) is 1. The predicted octanol–water partition coefficient (Wildman–Crippen LogP) is 1.17. The van der Waals surface area contributed by atoms with Crippen LogP contribution in [-0.2, 0) is 4.79 Å². The molecule has 128 valence electrons. The van der Waals surface area contributed by atoms with E-state index in [2.05, 4.69) is 6.92 Å². The first-order valence-corrected chi connectivity index (χ1v) is 7.53. The van der Waals surface area contributed by atoms with E-state index < -0.39 is 5.91 Å². The topological polar surface area (TPSA) is 98.6 Å². The third-order valence-corrected chi connectivity index (χ3v) is 3.99. The molecule has 2 rings (SSSR count). The van der Waals surface area contributed by atoms with Gasteiger partial charge in [-0.2, -0.15) is 0 Å². The molecule has 0 bridgehead atoms. The zero-order chi connectivity index (χ0) is 16.1. The van der Waals surface area contributed by atoms with Crippen LogP contribution in [0.5, 0.6) is 5.75 Å². The Morgan fingerprint density at radius 1 is 1.30 bits per heavy atom. The number of ether oxygens (including phenoxy) is 1. The summed E-state index contributed by atoms with van der Waals surface area (Å²) in [6, 6.07) is 6.83. The van der Waals surface area contributed by atoms with E-state index in [4.69, 9.17) is 16.2 Å². The maximum atomic E-state index is 12.6. The third kappa shape index (κ3) is 5.11. The highest BCUT2D eigenvalue weighted by Crippen LogP contribution is 2.24. The lowest BCUT2D eigenvalue weighted by Gasteiger charge is -2.38. The fraction of sp³-hybridized carbons (Fsp3) is 0.500. The monoisotopic (exact) mass is 341 g/mol. The fourth-order valence-corrected chi connectivity index (χ4v) is 2.76. The lowest BCUT2D eigenvalue weighted by Crippen LogP contribution is -2.49. The highest BCUT2D eigenvalue weighted by molar-refractivity contribution is 5.94. The Morgan fingerprint density at radius 2 is 1.96 bits per heavy atom. The average molecular weight is 342 g/mol. The molecular weight excluding hydrogens is 318 g/mol. The van der Waals surface area contributed by atoms with Gasteiger partial charge in [-0.1, -0.05) is 6.92 Å². The molecule has 4 N–H and O–H groups in total. The minimum Gasteiger partial charge on any atom is -0.484 e. The van der Waals surface area contributed by atoms with Crippen molar-refractivity contribution in [3.63, 3.8) is 0 Å². The summed E-state index contributed by atoms with van der Waals surface area (Å²) in [6.07, 6.45) is 1.95. The van der Waals surface area contributed by atoms with E-state index in [1.165, 1.54) is 0 Å². The number of nitrogens with two attached hydrogens (primary N) is 2. The number of hydrogen-bond acceptors (Lipinski definition) is 4. The second-order valence-corrected chi connectivity index (χ2v) is 5.80. The number of rotatable bonds is 5. The van der Waals surface area contributed by atoms with Gasteiger partial charge < -0.3 is 21.1 Å². The number of primary amides is 1. The van der Waals surface area contributed by atoms with E-state index in [0.717, 1.165) is 19.4 Å². The molecule has 2 unspecified atom stereocenters. The molecule has 0 aromatic heterocycles. The zero-order valence-electron chi connectivity index (χ0n) is 13.2. The minimum absolute atomic E-state index is 0. The Hall–Kier alpha value is -1.79. The third-order valence-electron chi connectivity index (χ3n) is 3.99. The summed E-state index contributed by atoms with van der Waals surface area (Å²) in [5, 5.41) is 0. The van der Waals surface area contributed by atoms with Crippen LogP contribution in [0.4, 0.5) is 0 Å². The van der Waals surface area contributed by atoms with E-state index in [1.807, 2.05) is 4.90 Å². The van der Waals surface area contributed by atoms with Crippen molar-refractivity contribution in [2.45, 2.75) is 25.8 Å². The van der Waals surface area contributed by atoms with Crippen molar-refractivity contribution < 1.29 is 14.3 Å². The minimum atomic E-state index is -0.534. The lowest BCUT2D eigenvalue weighted by molar-refractivity contribution is -0.119. The van der Waals surface area contributed by atoms with Crippen LogP contribution < -0.4 is 16.2 Å². The Kier molecular flexibility index (Phi) is 7.32. The molecule has 1 aliphatic heterocycles. The summed E-state index contributed by atoms with van der Waals surface area (Å²) in [6.45, 7) is 3.24. The second kappa shape index (κ2) is 8.74. The fourth-order valence-electron chi connectivity index (χ4n) is 2.76. The summed E-state index contributed by atoms with van der Waals surface area (Å²) >= 11 is 0. The van der Waals surface area contributed by atoms with Crippen molar-refractivity contribution in [2.75, 3.05) is 19.7 Å². The average Bonchev–Trinajstić information content (AvgIpc) is 2.52. The predicted molar refractivity (Wildman–Crippen MR) is 90.7 cm³/mol. The molecule has 23 heavy (non-hydrogen) atoms. The molecule has 0 radical (unpaired) electrons. The maximum absolute atomic E-state index is 12.6. The van der Waals surface area contributed by atoms with Crippen LogP contribution in [0.1, 0.15) is 30.1 Å². The van der Waals surface area contributed by atoms with E-state index >= 15 is 0 Å². The van der Waals surface area contributed by atoms with Crippen LogP contribution in [0.25, 0.3) is 0 Å². The van der Waals surface area contributed by atoms with Gasteiger partial charge in [-0.25, -0.2) is 0 Å².